The number of carbonyl (C=O) groups excluding carboxylic acids is 2. The summed E-state index contributed by atoms with van der Waals surface area (Å²) in [5.74, 6) is -1.84. The molecule has 0 saturated carbocycles. The van der Waals surface area contributed by atoms with E-state index in [0.29, 0.717) is 26.2 Å². The summed E-state index contributed by atoms with van der Waals surface area (Å²) in [4.78, 5) is 24.2. The van der Waals surface area contributed by atoms with Gasteiger partial charge in [0.1, 0.15) is 0 Å². The van der Waals surface area contributed by atoms with Crippen molar-refractivity contribution in [2.24, 2.45) is 0 Å². The van der Waals surface area contributed by atoms with Crippen LogP contribution in [0.15, 0.2) is 60.7 Å². The second-order valence-corrected chi connectivity index (χ2v) is 9.73. The molecule has 3 rings (SSSR count). The Morgan fingerprint density at radius 2 is 1.63 bits per heavy atom. The van der Waals surface area contributed by atoms with Gasteiger partial charge in [-0.25, -0.2) is 4.39 Å². The van der Waals surface area contributed by atoms with Crippen LogP contribution < -0.4 is 10.1 Å². The summed E-state index contributed by atoms with van der Waals surface area (Å²) in [6.45, 7) is 3.34. The maximum atomic E-state index is 15.1. The van der Waals surface area contributed by atoms with Crippen LogP contribution in [0.2, 0.25) is 15.1 Å². The van der Waals surface area contributed by atoms with Gasteiger partial charge < -0.3 is 14.8 Å². The van der Waals surface area contributed by atoms with Gasteiger partial charge in [0.25, 0.3) is 5.91 Å². The first-order valence-electron chi connectivity index (χ1n) is 10.5. The monoisotopic (exact) mass is 537 g/mol. The van der Waals surface area contributed by atoms with Crippen LogP contribution in [-0.2, 0) is 9.53 Å². The smallest absolute Gasteiger partial charge is 0.307 e. The highest BCUT2D eigenvalue weighted by molar-refractivity contribution is 6.35. The minimum absolute atomic E-state index is 0.0382. The molecule has 0 aliphatic rings. The van der Waals surface area contributed by atoms with Gasteiger partial charge in [-0.05, 0) is 61.9 Å². The van der Waals surface area contributed by atoms with Crippen molar-refractivity contribution in [2.75, 3.05) is 7.11 Å². The highest BCUT2D eigenvalue weighted by Gasteiger charge is 2.26. The third-order valence-electron chi connectivity index (χ3n) is 5.12. The van der Waals surface area contributed by atoms with Crippen LogP contribution in [0.1, 0.15) is 47.9 Å². The van der Waals surface area contributed by atoms with E-state index < -0.39 is 29.3 Å². The van der Waals surface area contributed by atoms with Gasteiger partial charge in [0.05, 0.1) is 13.5 Å². The fourth-order valence-corrected chi connectivity index (χ4v) is 4.02. The van der Waals surface area contributed by atoms with E-state index in [2.05, 4.69) is 10.1 Å². The summed E-state index contributed by atoms with van der Waals surface area (Å²) in [5.41, 5.74) is 0.440. The van der Waals surface area contributed by atoms with Gasteiger partial charge in [-0.15, -0.1) is 0 Å². The van der Waals surface area contributed by atoms with E-state index in [0.717, 1.165) is 6.07 Å². The fraction of sp³-hybridized carbons (Fsp3) is 0.231. The van der Waals surface area contributed by atoms with Crippen LogP contribution in [-0.4, -0.2) is 24.5 Å². The van der Waals surface area contributed by atoms with Crippen molar-refractivity contribution < 1.29 is 23.5 Å². The number of ether oxygens (including phenoxy) is 2. The quantitative estimate of drug-likeness (QED) is 0.313. The number of hydrogen-bond donors (Lipinski definition) is 1. The molecule has 1 N–H and O–H groups in total. The van der Waals surface area contributed by atoms with Crippen molar-refractivity contribution in [3.05, 3.63) is 98.2 Å². The van der Waals surface area contributed by atoms with E-state index >= 15 is 4.39 Å². The highest BCUT2D eigenvalue weighted by atomic mass is 35.5. The summed E-state index contributed by atoms with van der Waals surface area (Å²) < 4.78 is 25.8. The lowest BCUT2D eigenvalue weighted by Crippen LogP contribution is -2.45. The van der Waals surface area contributed by atoms with Crippen molar-refractivity contribution in [2.45, 2.75) is 31.9 Å². The lowest BCUT2D eigenvalue weighted by molar-refractivity contribution is -0.141. The fourth-order valence-electron chi connectivity index (χ4n) is 3.38. The summed E-state index contributed by atoms with van der Waals surface area (Å²) in [6, 6.07) is 15.7. The zero-order valence-corrected chi connectivity index (χ0v) is 21.5. The van der Waals surface area contributed by atoms with Crippen LogP contribution in [0.25, 0.3) is 0 Å². The average Bonchev–Trinajstić information content (AvgIpc) is 2.78. The number of rotatable bonds is 8. The Bertz CT molecular complexity index is 1230. The lowest BCUT2D eigenvalue weighted by atomic mass is 10.00. The molecule has 1 atom stereocenters. The molecule has 0 spiro atoms. The first kappa shape index (κ1) is 26.8. The van der Waals surface area contributed by atoms with Crippen molar-refractivity contribution in [3.8, 4) is 5.75 Å². The molecule has 0 aliphatic heterocycles. The third kappa shape index (κ3) is 7.10. The van der Waals surface area contributed by atoms with E-state index in [4.69, 9.17) is 39.5 Å². The first-order valence-corrected chi connectivity index (χ1v) is 11.7. The van der Waals surface area contributed by atoms with Gasteiger partial charge >= 0.3 is 5.97 Å². The van der Waals surface area contributed by atoms with E-state index in [1.165, 1.54) is 19.2 Å². The van der Waals surface area contributed by atoms with Crippen molar-refractivity contribution in [1.29, 1.82) is 0 Å². The molecule has 35 heavy (non-hydrogen) atoms. The molecule has 0 fully saturated rings. The van der Waals surface area contributed by atoms with Crippen LogP contribution in [0.4, 0.5) is 4.39 Å². The Balaban J connectivity index is 1.88. The number of methoxy groups -OCH3 is 1. The minimum Gasteiger partial charge on any atom is -0.478 e. The van der Waals surface area contributed by atoms with Crippen LogP contribution in [0.5, 0.6) is 5.75 Å². The van der Waals surface area contributed by atoms with Crippen molar-refractivity contribution in [3.63, 3.8) is 0 Å². The predicted molar refractivity (Wildman–Crippen MR) is 135 cm³/mol. The number of carbonyl (C=O) groups is 2. The topological polar surface area (TPSA) is 64.6 Å². The molecule has 0 aromatic heterocycles. The van der Waals surface area contributed by atoms with Crippen LogP contribution in [0, 0.1) is 5.82 Å². The van der Waals surface area contributed by atoms with E-state index in [9.17, 15) is 9.59 Å². The van der Waals surface area contributed by atoms with Crippen LogP contribution in [0.3, 0.4) is 0 Å². The number of esters is 1. The Morgan fingerprint density at radius 3 is 2.23 bits per heavy atom. The molecular weight excluding hydrogens is 516 g/mol. The number of benzene rings is 3. The second-order valence-electron chi connectivity index (χ2n) is 8.45. The number of hydrogen-bond acceptors (Lipinski definition) is 4. The third-order valence-corrected chi connectivity index (χ3v) is 5.94. The molecule has 5 nitrogen and oxygen atoms in total. The number of amides is 1. The molecule has 0 bridgehead atoms. The molecule has 0 radical (unpaired) electrons. The SMILES string of the molecule is COC(=O)CC(C)(C)NC(=O)c1ccc(OC(c2ccc(Cl)cc2)c2ccc(Cl)cc2Cl)c(F)c1. The molecule has 3 aromatic carbocycles. The Morgan fingerprint density at radius 1 is 0.971 bits per heavy atom. The molecular formula is C26H23Cl3FNO4. The normalized spacial score (nSPS) is 12.1. The highest BCUT2D eigenvalue weighted by Crippen LogP contribution is 2.35. The first-order chi connectivity index (χ1) is 16.5. The van der Waals surface area contributed by atoms with Gasteiger partial charge in [0.15, 0.2) is 17.7 Å². The lowest BCUT2D eigenvalue weighted by Gasteiger charge is -2.25. The number of halogens is 4. The van der Waals surface area contributed by atoms with Crippen LogP contribution >= 0.6 is 34.8 Å². The minimum atomic E-state index is -0.888. The maximum Gasteiger partial charge on any atom is 0.307 e. The molecule has 0 saturated heterocycles. The molecule has 1 amide bonds. The predicted octanol–water partition coefficient (Wildman–Crippen LogP) is 7.03. The average molecular weight is 539 g/mol. The molecule has 0 aliphatic carbocycles. The molecule has 184 valence electrons. The Kier molecular flexibility index (Phi) is 8.65. The van der Waals surface area contributed by atoms with E-state index in [1.54, 1.807) is 56.3 Å². The molecule has 9 heteroatoms. The zero-order chi connectivity index (χ0) is 25.8. The zero-order valence-electron chi connectivity index (χ0n) is 19.2. The second kappa shape index (κ2) is 11.3. The van der Waals surface area contributed by atoms with Crippen molar-refractivity contribution >= 4 is 46.7 Å². The molecule has 0 heterocycles. The molecule has 3 aromatic rings. The standard InChI is InChI=1S/C26H23Cl3FNO4/c1-26(2,14-23(32)34-3)31-25(33)16-6-11-22(21(30)12-16)35-24(15-4-7-17(27)8-5-15)19-10-9-18(28)13-20(19)29/h4-13,24H,14H2,1-3H3,(H,31,33). The summed E-state index contributed by atoms with van der Waals surface area (Å²) in [5, 5.41) is 4.04. The summed E-state index contributed by atoms with van der Waals surface area (Å²) >= 11 is 18.5. The Hall–Kier alpha value is -2.80. The number of nitrogens with one attached hydrogen (secondary N) is 1. The van der Waals surface area contributed by atoms with E-state index in [1.807, 2.05) is 0 Å². The van der Waals surface area contributed by atoms with Gasteiger partial charge in [0.2, 0.25) is 0 Å². The largest absolute Gasteiger partial charge is 0.478 e. The molecule has 1 unspecified atom stereocenters. The van der Waals surface area contributed by atoms with Crippen molar-refractivity contribution in [1.82, 2.24) is 5.32 Å². The van der Waals surface area contributed by atoms with Gasteiger partial charge in [-0.1, -0.05) is 53.0 Å². The Labute approximate surface area is 218 Å². The van der Waals surface area contributed by atoms with Gasteiger partial charge in [-0.3, -0.25) is 9.59 Å². The maximum absolute atomic E-state index is 15.1. The van der Waals surface area contributed by atoms with Gasteiger partial charge in [0, 0.05) is 31.7 Å². The van der Waals surface area contributed by atoms with Gasteiger partial charge in [-0.2, -0.15) is 0 Å². The summed E-state index contributed by atoms with van der Waals surface area (Å²) in [7, 11) is 1.27. The summed E-state index contributed by atoms with van der Waals surface area (Å²) in [6.07, 6.45) is -0.811. The van der Waals surface area contributed by atoms with E-state index in [-0.39, 0.29) is 17.7 Å².